The number of hydrogen-bond donors (Lipinski definition) is 1. The number of anilines is 1. The van der Waals surface area contributed by atoms with Gasteiger partial charge in [-0.25, -0.2) is 8.42 Å². The van der Waals surface area contributed by atoms with Crippen LogP contribution in [0.1, 0.15) is 24.9 Å². The van der Waals surface area contributed by atoms with E-state index in [0.29, 0.717) is 17.9 Å². The third-order valence-corrected chi connectivity index (χ3v) is 6.18. The molecule has 0 aliphatic rings. The average molecular weight is 469 g/mol. The van der Waals surface area contributed by atoms with Crippen LogP contribution in [0.5, 0.6) is 17.2 Å². The van der Waals surface area contributed by atoms with Crippen molar-refractivity contribution < 1.29 is 22.7 Å². The minimum atomic E-state index is -3.77. The van der Waals surface area contributed by atoms with Gasteiger partial charge in [0.2, 0.25) is 15.9 Å². The maximum atomic E-state index is 12.9. The van der Waals surface area contributed by atoms with Crippen LogP contribution in [0.2, 0.25) is 0 Å². The Kier molecular flexibility index (Phi) is 7.95. The van der Waals surface area contributed by atoms with Crippen LogP contribution in [-0.4, -0.2) is 34.2 Å². The lowest BCUT2D eigenvalue weighted by Crippen LogP contribution is -2.41. The lowest BCUT2D eigenvalue weighted by molar-refractivity contribution is -0.120. The fourth-order valence-electron chi connectivity index (χ4n) is 3.37. The zero-order valence-corrected chi connectivity index (χ0v) is 19.7. The molecule has 3 rings (SSSR count). The Morgan fingerprint density at radius 1 is 0.939 bits per heavy atom. The molecular formula is C25H28N2O5S. The second-order valence-electron chi connectivity index (χ2n) is 7.45. The lowest BCUT2D eigenvalue weighted by atomic mass is 10.0. The van der Waals surface area contributed by atoms with Gasteiger partial charge in [0.25, 0.3) is 0 Å². The minimum absolute atomic E-state index is 0.263. The first-order valence-corrected chi connectivity index (χ1v) is 12.4. The summed E-state index contributed by atoms with van der Waals surface area (Å²) in [5, 5.41) is 2.94. The van der Waals surface area contributed by atoms with Crippen LogP contribution in [0.4, 0.5) is 5.69 Å². The molecule has 0 aliphatic carbocycles. The summed E-state index contributed by atoms with van der Waals surface area (Å²) < 4.78 is 37.4. The van der Waals surface area contributed by atoms with E-state index >= 15 is 0 Å². The van der Waals surface area contributed by atoms with Crippen molar-refractivity contribution in [3.63, 3.8) is 0 Å². The second-order valence-corrected chi connectivity index (χ2v) is 9.36. The first kappa shape index (κ1) is 24.1. The van der Waals surface area contributed by atoms with Crippen LogP contribution in [0.15, 0.2) is 78.9 Å². The molecule has 0 aromatic heterocycles. The Morgan fingerprint density at radius 2 is 1.58 bits per heavy atom. The molecule has 0 bridgehead atoms. The Labute approximate surface area is 195 Å². The first-order valence-electron chi connectivity index (χ1n) is 10.5. The van der Waals surface area contributed by atoms with E-state index in [1.807, 2.05) is 49.4 Å². The predicted octanol–water partition coefficient (Wildman–Crippen LogP) is 4.52. The van der Waals surface area contributed by atoms with E-state index in [4.69, 9.17) is 9.47 Å². The monoisotopic (exact) mass is 468 g/mol. The van der Waals surface area contributed by atoms with Crippen LogP contribution < -0.4 is 19.1 Å². The van der Waals surface area contributed by atoms with Crippen molar-refractivity contribution in [2.24, 2.45) is 0 Å². The first-order chi connectivity index (χ1) is 15.8. The van der Waals surface area contributed by atoms with Gasteiger partial charge in [0.05, 0.1) is 25.1 Å². The number of hydrogen-bond acceptors (Lipinski definition) is 5. The third-order valence-electron chi connectivity index (χ3n) is 5.05. The molecule has 7 nitrogen and oxygen atoms in total. The van der Waals surface area contributed by atoms with Crippen molar-refractivity contribution in [2.45, 2.75) is 19.4 Å². The fourth-order valence-corrected chi connectivity index (χ4v) is 4.23. The summed E-state index contributed by atoms with van der Waals surface area (Å²) in [6, 6.07) is 22.9. The van der Waals surface area contributed by atoms with E-state index in [1.165, 1.54) is 0 Å². The summed E-state index contributed by atoms with van der Waals surface area (Å²) in [6.45, 7) is 1.58. The van der Waals surface area contributed by atoms with Gasteiger partial charge in [-0.15, -0.1) is 0 Å². The number of benzene rings is 3. The summed E-state index contributed by atoms with van der Waals surface area (Å²) in [5.41, 5.74) is 1.20. The zero-order valence-electron chi connectivity index (χ0n) is 18.9. The summed E-state index contributed by atoms with van der Waals surface area (Å²) in [6.07, 6.45) is 1.71. The van der Waals surface area contributed by atoms with Crippen LogP contribution in [0.25, 0.3) is 0 Å². The van der Waals surface area contributed by atoms with Gasteiger partial charge in [-0.1, -0.05) is 49.4 Å². The largest absolute Gasteiger partial charge is 0.497 e. The number of sulfonamides is 1. The van der Waals surface area contributed by atoms with Gasteiger partial charge in [0.15, 0.2) is 5.75 Å². The number of nitrogens with one attached hydrogen (secondary N) is 1. The van der Waals surface area contributed by atoms with Crippen molar-refractivity contribution in [3.05, 3.63) is 84.4 Å². The van der Waals surface area contributed by atoms with Gasteiger partial charge >= 0.3 is 0 Å². The molecule has 0 radical (unpaired) electrons. The van der Waals surface area contributed by atoms with Gasteiger partial charge in [-0.2, -0.15) is 0 Å². The minimum Gasteiger partial charge on any atom is -0.497 e. The summed E-state index contributed by atoms with van der Waals surface area (Å²) >= 11 is 0. The standard InChI is InChI=1S/C25H28N2O5S/c1-4-22(19-14-16-20(31-2)17-15-19)26-25(28)18-27(33(3,29)30)23-12-8-9-13-24(23)32-21-10-6-5-7-11-21/h5-17,22H,4,18H2,1-3H3,(H,26,28). The lowest BCUT2D eigenvalue weighted by Gasteiger charge is -2.25. The van der Waals surface area contributed by atoms with Crippen molar-refractivity contribution in [3.8, 4) is 17.2 Å². The fraction of sp³-hybridized carbons (Fsp3) is 0.240. The Balaban J connectivity index is 1.82. The molecule has 33 heavy (non-hydrogen) atoms. The predicted molar refractivity (Wildman–Crippen MR) is 129 cm³/mol. The van der Waals surface area contributed by atoms with Crippen molar-refractivity contribution in [1.82, 2.24) is 5.32 Å². The second kappa shape index (κ2) is 10.9. The molecule has 3 aromatic carbocycles. The van der Waals surface area contributed by atoms with Crippen molar-refractivity contribution in [1.29, 1.82) is 0 Å². The Bertz CT molecular complexity index is 1160. The van der Waals surface area contributed by atoms with Gasteiger partial charge in [-0.05, 0) is 48.4 Å². The highest BCUT2D eigenvalue weighted by molar-refractivity contribution is 7.92. The average Bonchev–Trinajstić information content (AvgIpc) is 2.81. The number of ether oxygens (including phenoxy) is 2. The number of rotatable bonds is 10. The molecule has 0 spiro atoms. The highest BCUT2D eigenvalue weighted by Crippen LogP contribution is 2.33. The number of methoxy groups -OCH3 is 1. The van der Waals surface area contributed by atoms with Crippen molar-refractivity contribution >= 4 is 21.6 Å². The van der Waals surface area contributed by atoms with Crippen molar-refractivity contribution in [2.75, 3.05) is 24.2 Å². The van der Waals surface area contributed by atoms with E-state index in [-0.39, 0.29) is 18.3 Å². The van der Waals surface area contributed by atoms with E-state index in [2.05, 4.69) is 5.32 Å². The Hall–Kier alpha value is -3.52. The summed E-state index contributed by atoms with van der Waals surface area (Å²) in [5.74, 6) is 1.20. The molecule has 0 fully saturated rings. The summed E-state index contributed by atoms with van der Waals surface area (Å²) in [7, 11) is -2.18. The third kappa shape index (κ3) is 6.49. The smallest absolute Gasteiger partial charge is 0.241 e. The molecule has 3 aromatic rings. The number of carbonyl (C=O) groups excluding carboxylic acids is 1. The molecule has 0 heterocycles. The van der Waals surface area contributed by atoms with Gasteiger partial charge < -0.3 is 14.8 Å². The van der Waals surface area contributed by atoms with Crippen LogP contribution in [-0.2, 0) is 14.8 Å². The molecule has 174 valence electrons. The highest BCUT2D eigenvalue weighted by Gasteiger charge is 2.25. The molecule has 1 N–H and O–H groups in total. The van der Waals surface area contributed by atoms with E-state index < -0.39 is 15.9 Å². The Morgan fingerprint density at radius 3 is 2.18 bits per heavy atom. The molecule has 1 unspecified atom stereocenters. The van der Waals surface area contributed by atoms with Crippen LogP contribution >= 0.6 is 0 Å². The highest BCUT2D eigenvalue weighted by atomic mass is 32.2. The molecule has 0 saturated heterocycles. The number of amides is 1. The maximum absolute atomic E-state index is 12.9. The van der Waals surface area contributed by atoms with Gasteiger partial charge in [-0.3, -0.25) is 9.10 Å². The maximum Gasteiger partial charge on any atom is 0.241 e. The number of carbonyl (C=O) groups is 1. The molecule has 0 aliphatic heterocycles. The molecular weight excluding hydrogens is 440 g/mol. The number of nitrogens with zero attached hydrogens (tertiary/aromatic N) is 1. The van der Waals surface area contributed by atoms with Crippen LogP contribution in [0.3, 0.4) is 0 Å². The molecule has 1 atom stereocenters. The quantitative estimate of drug-likeness (QED) is 0.473. The summed E-state index contributed by atoms with van der Waals surface area (Å²) in [4.78, 5) is 12.9. The molecule has 8 heteroatoms. The van der Waals surface area contributed by atoms with E-state index in [0.717, 1.165) is 21.9 Å². The number of para-hydroxylation sites is 3. The normalized spacial score (nSPS) is 12.0. The SMILES string of the molecule is CCC(NC(=O)CN(c1ccccc1Oc1ccccc1)S(C)(=O)=O)c1ccc(OC)cc1. The van der Waals surface area contributed by atoms with E-state index in [9.17, 15) is 13.2 Å². The zero-order chi connectivity index (χ0) is 23.8. The van der Waals surface area contributed by atoms with Gasteiger partial charge in [0, 0.05) is 0 Å². The van der Waals surface area contributed by atoms with E-state index in [1.54, 1.807) is 43.5 Å². The van der Waals surface area contributed by atoms with Gasteiger partial charge in [0.1, 0.15) is 18.0 Å². The topological polar surface area (TPSA) is 84.9 Å². The molecule has 0 saturated carbocycles. The van der Waals surface area contributed by atoms with Crippen LogP contribution in [0, 0.1) is 0 Å². The molecule has 1 amide bonds.